The summed E-state index contributed by atoms with van der Waals surface area (Å²) in [4.78, 5) is 9.57. The van der Waals surface area contributed by atoms with E-state index in [1.165, 1.54) is 17.7 Å². The lowest BCUT2D eigenvalue weighted by molar-refractivity contribution is 0.628. The molecular weight excluding hydrogens is 375 g/mol. The van der Waals surface area contributed by atoms with Crippen molar-refractivity contribution >= 4 is 11.0 Å². The first-order valence-electron chi connectivity index (χ1n) is 9.75. The molecule has 4 nitrogen and oxygen atoms in total. The predicted molar refractivity (Wildman–Crippen MR) is 117 cm³/mol. The molecule has 0 spiro atoms. The molecule has 0 fully saturated rings. The number of fused-ring (bicyclic) bond motifs is 1. The van der Waals surface area contributed by atoms with Gasteiger partial charge in [0.25, 0.3) is 0 Å². The summed E-state index contributed by atoms with van der Waals surface area (Å²) in [5.74, 6) is 0.408. The molecule has 0 aliphatic rings. The quantitative estimate of drug-likeness (QED) is 0.382. The third-order valence-electron chi connectivity index (χ3n) is 5.12. The van der Waals surface area contributed by atoms with Crippen LogP contribution in [0.15, 0.2) is 78.9 Å². The number of hydrogen-bond donors (Lipinski definition) is 0. The van der Waals surface area contributed by atoms with Gasteiger partial charge in [-0.2, -0.15) is 5.10 Å². The maximum atomic E-state index is 13.4. The fourth-order valence-electron chi connectivity index (χ4n) is 3.51. The molecule has 5 rings (SSSR count). The Hall–Kier alpha value is -3.86. The molecule has 0 saturated carbocycles. The van der Waals surface area contributed by atoms with E-state index in [-0.39, 0.29) is 5.82 Å². The highest BCUT2D eigenvalue weighted by Gasteiger charge is 2.17. The first-order valence-corrected chi connectivity index (χ1v) is 9.75. The second kappa shape index (κ2) is 7.19. The van der Waals surface area contributed by atoms with Gasteiger partial charge in [-0.25, -0.2) is 19.0 Å². The van der Waals surface area contributed by atoms with Crippen molar-refractivity contribution in [3.63, 3.8) is 0 Å². The second-order valence-electron chi connectivity index (χ2n) is 7.32. The van der Waals surface area contributed by atoms with Crippen LogP contribution in [0.5, 0.6) is 0 Å². The molecule has 0 aliphatic heterocycles. The molecular formula is C25H19FN4. The molecule has 0 aliphatic carbocycles. The van der Waals surface area contributed by atoms with Crippen molar-refractivity contribution in [2.24, 2.45) is 0 Å². The van der Waals surface area contributed by atoms with Gasteiger partial charge in [-0.3, -0.25) is 0 Å². The normalized spacial score (nSPS) is 11.2. The highest BCUT2D eigenvalue weighted by atomic mass is 19.1. The number of aryl methyl sites for hydroxylation is 2. The molecule has 0 bridgehead atoms. The molecule has 2 heterocycles. The van der Waals surface area contributed by atoms with Crippen LogP contribution in [0.1, 0.15) is 11.3 Å². The van der Waals surface area contributed by atoms with E-state index in [2.05, 4.69) is 31.2 Å². The van der Waals surface area contributed by atoms with Crippen molar-refractivity contribution in [3.8, 4) is 28.3 Å². The number of rotatable bonds is 3. The molecule has 3 aromatic carbocycles. The fourth-order valence-corrected chi connectivity index (χ4v) is 3.51. The largest absolute Gasteiger partial charge is 0.248 e. The highest BCUT2D eigenvalue weighted by Crippen LogP contribution is 2.30. The summed E-state index contributed by atoms with van der Waals surface area (Å²) < 4.78 is 15.2. The van der Waals surface area contributed by atoms with Crippen LogP contribution in [0.2, 0.25) is 0 Å². The Morgan fingerprint density at radius 2 is 1.37 bits per heavy atom. The molecule has 5 aromatic rings. The minimum atomic E-state index is -0.270. The van der Waals surface area contributed by atoms with Crippen LogP contribution < -0.4 is 0 Å². The minimum absolute atomic E-state index is 0.270. The topological polar surface area (TPSA) is 43.6 Å². The fraction of sp³-hybridized carbons (Fsp3) is 0.0800. The van der Waals surface area contributed by atoms with Gasteiger partial charge in [-0.1, -0.05) is 42.0 Å². The van der Waals surface area contributed by atoms with Gasteiger partial charge in [0.05, 0.1) is 28.1 Å². The zero-order chi connectivity index (χ0) is 20.7. The summed E-state index contributed by atoms with van der Waals surface area (Å²) in [6.45, 7) is 4.00. The average molecular weight is 394 g/mol. The van der Waals surface area contributed by atoms with Crippen LogP contribution in [0.4, 0.5) is 4.39 Å². The molecule has 0 unspecified atom stereocenters. The first-order chi connectivity index (χ1) is 14.6. The molecule has 0 N–H and O–H groups in total. The Morgan fingerprint density at radius 3 is 2.07 bits per heavy atom. The van der Waals surface area contributed by atoms with Gasteiger partial charge < -0.3 is 0 Å². The molecule has 0 amide bonds. The number of benzene rings is 3. The number of para-hydroxylation sites is 2. The van der Waals surface area contributed by atoms with Crippen LogP contribution in [0, 0.1) is 19.7 Å². The van der Waals surface area contributed by atoms with Crippen molar-refractivity contribution in [3.05, 3.63) is 95.9 Å². The summed E-state index contributed by atoms with van der Waals surface area (Å²) in [6.07, 6.45) is 0. The van der Waals surface area contributed by atoms with Gasteiger partial charge in [-0.05, 0) is 56.3 Å². The van der Waals surface area contributed by atoms with Crippen LogP contribution >= 0.6 is 0 Å². The van der Waals surface area contributed by atoms with Crippen LogP contribution in [0.25, 0.3) is 39.4 Å². The third-order valence-corrected chi connectivity index (χ3v) is 5.12. The summed E-state index contributed by atoms with van der Waals surface area (Å²) >= 11 is 0. The van der Waals surface area contributed by atoms with E-state index >= 15 is 0 Å². The zero-order valence-electron chi connectivity index (χ0n) is 16.7. The maximum absolute atomic E-state index is 13.4. The lowest BCUT2D eigenvalue weighted by atomic mass is 10.1. The van der Waals surface area contributed by atoms with Crippen molar-refractivity contribution in [2.75, 3.05) is 0 Å². The Bertz CT molecular complexity index is 1350. The SMILES string of the molecule is Cc1ccc(-c2cc(-c3ccc(F)cc3)nn2-c2nc3ccccc3nc2C)cc1. The van der Waals surface area contributed by atoms with Crippen LogP contribution in [0.3, 0.4) is 0 Å². The molecule has 146 valence electrons. The summed E-state index contributed by atoms with van der Waals surface area (Å²) in [5.41, 5.74) is 7.15. The van der Waals surface area contributed by atoms with E-state index in [9.17, 15) is 4.39 Å². The first kappa shape index (κ1) is 18.2. The summed E-state index contributed by atoms with van der Waals surface area (Å²) in [5, 5.41) is 4.84. The zero-order valence-corrected chi connectivity index (χ0v) is 16.7. The lowest BCUT2D eigenvalue weighted by Gasteiger charge is -2.10. The minimum Gasteiger partial charge on any atom is -0.248 e. The van der Waals surface area contributed by atoms with E-state index in [0.29, 0.717) is 5.82 Å². The van der Waals surface area contributed by atoms with Gasteiger partial charge in [0.1, 0.15) is 5.82 Å². The predicted octanol–water partition coefficient (Wildman–Crippen LogP) is 5.91. The van der Waals surface area contributed by atoms with Gasteiger partial charge >= 0.3 is 0 Å². The third kappa shape index (κ3) is 3.24. The van der Waals surface area contributed by atoms with Crippen molar-refractivity contribution < 1.29 is 4.39 Å². The molecule has 0 radical (unpaired) electrons. The lowest BCUT2D eigenvalue weighted by Crippen LogP contribution is -2.06. The van der Waals surface area contributed by atoms with E-state index < -0.39 is 0 Å². The molecule has 5 heteroatoms. The second-order valence-corrected chi connectivity index (χ2v) is 7.32. The molecule has 0 atom stereocenters. The highest BCUT2D eigenvalue weighted by molar-refractivity contribution is 5.76. The smallest absolute Gasteiger partial charge is 0.176 e. The van der Waals surface area contributed by atoms with E-state index in [4.69, 9.17) is 15.1 Å². The van der Waals surface area contributed by atoms with E-state index in [0.717, 1.165) is 39.2 Å². The number of aromatic nitrogens is 4. The van der Waals surface area contributed by atoms with Gasteiger partial charge in [-0.15, -0.1) is 0 Å². The van der Waals surface area contributed by atoms with Crippen molar-refractivity contribution in [1.82, 2.24) is 19.7 Å². The number of halogens is 1. The maximum Gasteiger partial charge on any atom is 0.176 e. The van der Waals surface area contributed by atoms with Gasteiger partial charge in [0.15, 0.2) is 5.82 Å². The Kier molecular flexibility index (Phi) is 4.36. The Labute approximate surface area is 173 Å². The number of hydrogen-bond acceptors (Lipinski definition) is 3. The van der Waals surface area contributed by atoms with E-state index in [1.54, 1.807) is 12.1 Å². The molecule has 30 heavy (non-hydrogen) atoms. The molecule has 2 aromatic heterocycles. The Morgan fingerprint density at radius 1 is 0.733 bits per heavy atom. The Balaban J connectivity index is 1.74. The van der Waals surface area contributed by atoms with Crippen LogP contribution in [-0.4, -0.2) is 19.7 Å². The molecule has 0 saturated heterocycles. The summed E-state index contributed by atoms with van der Waals surface area (Å²) in [6, 6.07) is 24.5. The average Bonchev–Trinajstić information content (AvgIpc) is 3.19. The standard InChI is InChI=1S/C25H19FN4/c1-16-7-9-19(10-8-16)24-15-23(18-11-13-20(26)14-12-18)29-30(24)25-17(2)27-21-5-3-4-6-22(21)28-25/h3-15H,1-2H3. The van der Waals surface area contributed by atoms with Crippen molar-refractivity contribution in [2.45, 2.75) is 13.8 Å². The van der Waals surface area contributed by atoms with Crippen molar-refractivity contribution in [1.29, 1.82) is 0 Å². The summed E-state index contributed by atoms with van der Waals surface area (Å²) in [7, 11) is 0. The number of nitrogens with zero attached hydrogens (tertiary/aromatic N) is 4. The van der Waals surface area contributed by atoms with E-state index in [1.807, 2.05) is 41.9 Å². The van der Waals surface area contributed by atoms with Gasteiger partial charge in [0.2, 0.25) is 0 Å². The monoisotopic (exact) mass is 394 g/mol. The van der Waals surface area contributed by atoms with Crippen LogP contribution in [-0.2, 0) is 0 Å². The van der Waals surface area contributed by atoms with Gasteiger partial charge in [0, 0.05) is 11.1 Å².